The number of hydrogen-bond acceptors (Lipinski definition) is 6. The molecule has 0 radical (unpaired) electrons. The fraction of sp³-hybridized carbons (Fsp3) is 0.200. The van der Waals surface area contributed by atoms with Crippen LogP contribution in [0.5, 0.6) is 11.5 Å². The molecule has 172 valence electrons. The van der Waals surface area contributed by atoms with Crippen LogP contribution in [0.4, 0.5) is 5.82 Å². The molecular formula is C25H24N6O3. The molecule has 0 spiro atoms. The highest BCUT2D eigenvalue weighted by atomic mass is 16.5. The van der Waals surface area contributed by atoms with Crippen molar-refractivity contribution in [2.45, 2.75) is 18.9 Å². The Morgan fingerprint density at radius 2 is 1.88 bits per heavy atom. The minimum absolute atomic E-state index is 0.134. The van der Waals surface area contributed by atoms with Gasteiger partial charge in [-0.05, 0) is 55.3 Å². The summed E-state index contributed by atoms with van der Waals surface area (Å²) < 4.78 is 7.57. The Morgan fingerprint density at radius 3 is 2.62 bits per heavy atom. The Morgan fingerprint density at radius 1 is 1.15 bits per heavy atom. The molecule has 0 bridgehead atoms. The molecule has 1 fully saturated rings. The molecule has 34 heavy (non-hydrogen) atoms. The third-order valence-corrected chi connectivity index (χ3v) is 5.99. The number of fused-ring (bicyclic) bond motifs is 1. The molecular weight excluding hydrogens is 432 g/mol. The number of hydrogen-bond donors (Lipinski definition) is 2. The number of ether oxygens (including phenoxy) is 1. The van der Waals surface area contributed by atoms with Crippen molar-refractivity contribution < 1.29 is 9.53 Å². The molecule has 9 heteroatoms. The van der Waals surface area contributed by atoms with Gasteiger partial charge in [-0.25, -0.2) is 5.10 Å². The van der Waals surface area contributed by atoms with E-state index >= 15 is 0 Å². The number of carbonyl (C=O) groups excluding carboxylic acids is 1. The van der Waals surface area contributed by atoms with Gasteiger partial charge in [0, 0.05) is 18.7 Å². The number of amides is 1. The molecule has 5 rings (SSSR count). The summed E-state index contributed by atoms with van der Waals surface area (Å²) in [5, 5.41) is 11.7. The summed E-state index contributed by atoms with van der Waals surface area (Å²) in [5.41, 5.74) is 7.51. The first-order chi connectivity index (χ1) is 16.5. The third kappa shape index (κ3) is 3.92. The number of nitrogens with two attached hydrogens (primary N) is 1. The van der Waals surface area contributed by atoms with Gasteiger partial charge >= 0.3 is 0 Å². The van der Waals surface area contributed by atoms with E-state index in [9.17, 15) is 9.59 Å². The number of H-pyrrole nitrogens is 1. The fourth-order valence-electron chi connectivity index (χ4n) is 4.37. The number of benzene rings is 2. The third-order valence-electron chi connectivity index (χ3n) is 5.99. The van der Waals surface area contributed by atoms with Gasteiger partial charge in [0.2, 0.25) is 5.91 Å². The Hall–Kier alpha value is -4.40. The number of aromatic nitrogens is 4. The molecule has 1 amide bonds. The van der Waals surface area contributed by atoms with Crippen molar-refractivity contribution in [1.29, 1.82) is 0 Å². The predicted octanol–water partition coefficient (Wildman–Crippen LogP) is 3.51. The van der Waals surface area contributed by atoms with Gasteiger partial charge in [0.15, 0.2) is 5.82 Å². The van der Waals surface area contributed by atoms with E-state index in [2.05, 4.69) is 16.8 Å². The first-order valence-corrected chi connectivity index (χ1v) is 11.1. The number of nitrogen functional groups attached to an aromatic ring is 1. The molecule has 1 aliphatic rings. The summed E-state index contributed by atoms with van der Waals surface area (Å²) in [6.45, 7) is 4.67. The Bertz CT molecular complexity index is 1410. The highest BCUT2D eigenvalue weighted by Crippen LogP contribution is 2.34. The van der Waals surface area contributed by atoms with E-state index in [0.717, 1.165) is 24.2 Å². The van der Waals surface area contributed by atoms with E-state index in [1.165, 1.54) is 6.08 Å². The second-order valence-electron chi connectivity index (χ2n) is 8.18. The number of nitrogens with one attached hydrogen (secondary N) is 1. The number of aromatic amines is 1. The number of carbonyl (C=O) groups is 1. The number of anilines is 1. The summed E-state index contributed by atoms with van der Waals surface area (Å²) in [7, 11) is 0. The maximum atomic E-state index is 12.8. The van der Waals surface area contributed by atoms with E-state index < -0.39 is 0 Å². The average molecular weight is 457 g/mol. The largest absolute Gasteiger partial charge is 0.457 e. The van der Waals surface area contributed by atoms with Gasteiger partial charge in [0.1, 0.15) is 22.7 Å². The van der Waals surface area contributed by atoms with Gasteiger partial charge in [0.25, 0.3) is 5.56 Å². The lowest BCUT2D eigenvalue weighted by molar-refractivity contribution is -0.127. The number of rotatable bonds is 5. The monoisotopic (exact) mass is 456 g/mol. The lowest BCUT2D eigenvalue weighted by Crippen LogP contribution is -2.40. The maximum Gasteiger partial charge on any atom is 0.290 e. The highest BCUT2D eigenvalue weighted by molar-refractivity contribution is 5.99. The van der Waals surface area contributed by atoms with Crippen LogP contribution < -0.4 is 16.0 Å². The second kappa shape index (κ2) is 8.86. The number of piperidine rings is 1. The lowest BCUT2D eigenvalue weighted by atomic mass is 10.1. The van der Waals surface area contributed by atoms with Gasteiger partial charge in [-0.15, -0.1) is 0 Å². The van der Waals surface area contributed by atoms with Crippen molar-refractivity contribution in [3.8, 4) is 22.8 Å². The van der Waals surface area contributed by atoms with Gasteiger partial charge in [-0.3, -0.25) is 14.3 Å². The lowest BCUT2D eigenvalue weighted by Gasteiger charge is -2.32. The first-order valence-electron chi connectivity index (χ1n) is 11.1. The van der Waals surface area contributed by atoms with Crippen LogP contribution in [-0.4, -0.2) is 43.9 Å². The quantitative estimate of drug-likeness (QED) is 0.444. The van der Waals surface area contributed by atoms with Crippen LogP contribution in [0.2, 0.25) is 0 Å². The zero-order valence-corrected chi connectivity index (χ0v) is 18.5. The smallest absolute Gasteiger partial charge is 0.290 e. The second-order valence-corrected chi connectivity index (χ2v) is 8.18. The van der Waals surface area contributed by atoms with Crippen molar-refractivity contribution in [3.63, 3.8) is 0 Å². The summed E-state index contributed by atoms with van der Waals surface area (Å²) in [4.78, 5) is 26.7. The van der Waals surface area contributed by atoms with E-state index in [1.54, 1.807) is 9.58 Å². The van der Waals surface area contributed by atoms with Crippen molar-refractivity contribution in [3.05, 3.63) is 77.6 Å². The van der Waals surface area contributed by atoms with Crippen LogP contribution in [0.3, 0.4) is 0 Å². The zero-order chi connectivity index (χ0) is 23.7. The predicted molar refractivity (Wildman–Crippen MR) is 130 cm³/mol. The molecule has 0 saturated carbocycles. The van der Waals surface area contributed by atoms with Crippen molar-refractivity contribution in [2.24, 2.45) is 0 Å². The molecule has 2 aromatic carbocycles. The SMILES string of the molecule is C=CC(=O)N1CCC[C@@H](n2nc(-c3ccc(Oc4ccccc4)cc3)c3c(N)n[nH]c(=O)c32)C1. The summed E-state index contributed by atoms with van der Waals surface area (Å²) in [6.07, 6.45) is 2.89. The molecule has 0 unspecified atom stereocenters. The molecule has 3 N–H and O–H groups in total. The minimum Gasteiger partial charge on any atom is -0.457 e. The molecule has 3 heterocycles. The Kier molecular flexibility index (Phi) is 5.59. The Labute approximate surface area is 195 Å². The molecule has 0 aliphatic carbocycles. The van der Waals surface area contributed by atoms with Crippen LogP contribution in [0.25, 0.3) is 22.2 Å². The van der Waals surface area contributed by atoms with E-state index in [4.69, 9.17) is 15.6 Å². The van der Waals surface area contributed by atoms with E-state index in [1.807, 2.05) is 54.6 Å². The summed E-state index contributed by atoms with van der Waals surface area (Å²) in [6, 6.07) is 16.8. The Balaban J connectivity index is 1.55. The van der Waals surface area contributed by atoms with Crippen LogP contribution >= 0.6 is 0 Å². The zero-order valence-electron chi connectivity index (χ0n) is 18.5. The first kappa shape index (κ1) is 21.4. The van der Waals surface area contributed by atoms with Crippen LogP contribution in [0, 0.1) is 0 Å². The highest BCUT2D eigenvalue weighted by Gasteiger charge is 2.28. The van der Waals surface area contributed by atoms with Crippen LogP contribution in [0.1, 0.15) is 18.9 Å². The van der Waals surface area contributed by atoms with Gasteiger partial charge in [0.05, 0.1) is 11.4 Å². The molecule has 4 aromatic rings. The average Bonchev–Trinajstić information content (AvgIpc) is 3.29. The van der Waals surface area contributed by atoms with Crippen LogP contribution in [0.15, 0.2) is 72.0 Å². The number of para-hydroxylation sites is 1. The van der Waals surface area contributed by atoms with Crippen molar-refractivity contribution in [2.75, 3.05) is 18.8 Å². The number of likely N-dealkylation sites (tertiary alicyclic amines) is 1. The minimum atomic E-state index is -0.376. The fourth-order valence-corrected chi connectivity index (χ4v) is 4.37. The van der Waals surface area contributed by atoms with Crippen molar-refractivity contribution >= 4 is 22.6 Å². The molecule has 9 nitrogen and oxygen atoms in total. The maximum absolute atomic E-state index is 12.8. The summed E-state index contributed by atoms with van der Waals surface area (Å²) in [5.74, 6) is 1.47. The molecule has 1 aliphatic heterocycles. The molecule has 1 saturated heterocycles. The van der Waals surface area contributed by atoms with E-state index in [0.29, 0.717) is 35.4 Å². The van der Waals surface area contributed by atoms with E-state index in [-0.39, 0.29) is 23.3 Å². The number of nitrogens with zero attached hydrogens (tertiary/aromatic N) is 4. The molecule has 2 aromatic heterocycles. The standard InChI is InChI=1S/C25H24N6O3/c1-2-20(32)30-14-6-7-17(15-30)31-23-21(24(26)27-28-25(23)33)22(29-31)16-10-12-19(13-11-16)34-18-8-4-3-5-9-18/h2-5,8-13,17H,1,6-7,14-15H2,(H2,26,27)(H,28,33)/t17-/m1/s1. The van der Waals surface area contributed by atoms with Gasteiger partial charge in [-0.2, -0.15) is 10.2 Å². The van der Waals surface area contributed by atoms with Gasteiger partial charge < -0.3 is 15.4 Å². The topological polar surface area (TPSA) is 119 Å². The normalized spacial score (nSPS) is 15.9. The van der Waals surface area contributed by atoms with Crippen LogP contribution in [-0.2, 0) is 4.79 Å². The van der Waals surface area contributed by atoms with Crippen molar-refractivity contribution in [1.82, 2.24) is 24.9 Å². The molecule has 1 atom stereocenters. The van der Waals surface area contributed by atoms with Gasteiger partial charge in [-0.1, -0.05) is 24.8 Å². The summed E-state index contributed by atoms with van der Waals surface area (Å²) >= 11 is 0.